The van der Waals surface area contributed by atoms with Crippen LogP contribution in [0.4, 0.5) is 5.69 Å². The maximum Gasteiger partial charge on any atom is 0.237 e. The predicted octanol–water partition coefficient (Wildman–Crippen LogP) is 3.71. The number of carbonyl (C=O) groups excluding carboxylic acids is 2. The van der Waals surface area contributed by atoms with Gasteiger partial charge in [-0.05, 0) is 49.1 Å². The van der Waals surface area contributed by atoms with Crippen molar-refractivity contribution in [2.45, 2.75) is 51.7 Å². The highest BCUT2D eigenvalue weighted by molar-refractivity contribution is 5.90. The molecule has 148 valence electrons. The summed E-state index contributed by atoms with van der Waals surface area (Å²) in [7, 11) is 0. The minimum atomic E-state index is -0.0622. The quantitative estimate of drug-likeness (QED) is 0.735. The van der Waals surface area contributed by atoms with E-state index in [1.165, 1.54) is 5.56 Å². The molecular weight excluding hydrogens is 350 g/mol. The third-order valence-electron chi connectivity index (χ3n) is 5.08. The summed E-state index contributed by atoms with van der Waals surface area (Å²) in [5, 5.41) is 5.94. The van der Waals surface area contributed by atoms with Gasteiger partial charge in [-0.25, -0.2) is 0 Å². The number of nitrogens with zero attached hydrogens (tertiary/aromatic N) is 1. The van der Waals surface area contributed by atoms with Gasteiger partial charge in [-0.2, -0.15) is 0 Å². The zero-order chi connectivity index (χ0) is 19.8. The van der Waals surface area contributed by atoms with Crippen molar-refractivity contribution in [3.8, 4) is 0 Å². The Morgan fingerprint density at radius 2 is 1.79 bits per heavy atom. The van der Waals surface area contributed by atoms with E-state index in [4.69, 9.17) is 0 Å². The van der Waals surface area contributed by atoms with E-state index in [1.807, 2.05) is 49.4 Å². The van der Waals surface area contributed by atoms with Crippen molar-refractivity contribution in [3.63, 3.8) is 0 Å². The minimum absolute atomic E-state index is 0.0308. The number of amides is 2. The van der Waals surface area contributed by atoms with Crippen molar-refractivity contribution in [1.29, 1.82) is 0 Å². The molecule has 1 aliphatic rings. The highest BCUT2D eigenvalue weighted by Gasteiger charge is 2.30. The van der Waals surface area contributed by atoms with Gasteiger partial charge >= 0.3 is 0 Å². The molecule has 1 aliphatic heterocycles. The fourth-order valence-electron chi connectivity index (χ4n) is 3.59. The normalized spacial score (nSPS) is 16.7. The van der Waals surface area contributed by atoms with Gasteiger partial charge in [0.25, 0.3) is 0 Å². The zero-order valence-corrected chi connectivity index (χ0v) is 16.5. The lowest BCUT2D eigenvalue weighted by molar-refractivity contribution is -0.125. The molecule has 0 radical (unpaired) electrons. The molecule has 0 aromatic heterocycles. The molecule has 0 aliphatic carbocycles. The van der Waals surface area contributed by atoms with Crippen LogP contribution >= 0.6 is 0 Å². The maximum atomic E-state index is 12.7. The fourth-order valence-corrected chi connectivity index (χ4v) is 3.59. The van der Waals surface area contributed by atoms with Crippen LogP contribution in [-0.2, 0) is 22.7 Å². The molecule has 1 saturated heterocycles. The molecule has 2 aromatic carbocycles. The Morgan fingerprint density at radius 1 is 1.04 bits per heavy atom. The number of anilines is 1. The minimum Gasteiger partial charge on any atom is -0.351 e. The number of carbonyl (C=O) groups is 2. The van der Waals surface area contributed by atoms with Gasteiger partial charge < -0.3 is 10.6 Å². The summed E-state index contributed by atoms with van der Waals surface area (Å²) in [4.78, 5) is 26.6. The second kappa shape index (κ2) is 10.0. The molecule has 2 aromatic rings. The lowest BCUT2D eigenvalue weighted by Gasteiger charge is -2.23. The lowest BCUT2D eigenvalue weighted by atomic mass is 10.1. The van der Waals surface area contributed by atoms with E-state index in [2.05, 4.69) is 27.7 Å². The largest absolute Gasteiger partial charge is 0.351 e. The number of hydrogen-bond donors (Lipinski definition) is 2. The van der Waals surface area contributed by atoms with Gasteiger partial charge in [0.15, 0.2) is 0 Å². The monoisotopic (exact) mass is 379 g/mol. The number of rotatable bonds is 8. The molecule has 0 bridgehead atoms. The van der Waals surface area contributed by atoms with Gasteiger partial charge in [0.05, 0.1) is 6.04 Å². The van der Waals surface area contributed by atoms with Crippen molar-refractivity contribution in [2.24, 2.45) is 0 Å². The van der Waals surface area contributed by atoms with E-state index in [0.29, 0.717) is 13.0 Å². The second-order valence-corrected chi connectivity index (χ2v) is 7.33. The van der Waals surface area contributed by atoms with E-state index in [-0.39, 0.29) is 17.9 Å². The molecule has 5 heteroatoms. The van der Waals surface area contributed by atoms with Crippen LogP contribution in [0.5, 0.6) is 0 Å². The Balaban J connectivity index is 1.49. The highest BCUT2D eigenvalue weighted by Crippen LogP contribution is 2.20. The van der Waals surface area contributed by atoms with Gasteiger partial charge in [0.1, 0.15) is 0 Å². The number of hydrogen-bond acceptors (Lipinski definition) is 3. The SMILES string of the molecule is CCCC(=O)Nc1ccc(CNC(=O)C2CCCN2Cc2ccccc2)cc1. The Bertz CT molecular complexity index is 774. The Kier molecular flexibility index (Phi) is 7.20. The van der Waals surface area contributed by atoms with Crippen LogP contribution in [0.15, 0.2) is 54.6 Å². The topological polar surface area (TPSA) is 61.4 Å². The van der Waals surface area contributed by atoms with Crippen LogP contribution in [0.25, 0.3) is 0 Å². The fraction of sp³-hybridized carbons (Fsp3) is 0.391. The van der Waals surface area contributed by atoms with Crippen LogP contribution in [0, 0.1) is 0 Å². The van der Waals surface area contributed by atoms with Gasteiger partial charge in [0.2, 0.25) is 11.8 Å². The molecule has 0 saturated carbocycles. The van der Waals surface area contributed by atoms with E-state index in [1.54, 1.807) is 0 Å². The standard InChI is InChI=1S/C23H29N3O2/c1-2-7-22(27)25-20-13-11-18(12-14-20)16-24-23(28)21-10-6-15-26(21)17-19-8-4-3-5-9-19/h3-5,8-9,11-14,21H,2,6-7,10,15-17H2,1H3,(H,24,28)(H,25,27). The number of likely N-dealkylation sites (tertiary alicyclic amines) is 1. The Labute approximate surface area is 167 Å². The number of nitrogens with one attached hydrogen (secondary N) is 2. The van der Waals surface area contributed by atoms with Gasteiger partial charge in [-0.15, -0.1) is 0 Å². The van der Waals surface area contributed by atoms with Crippen molar-refractivity contribution in [2.75, 3.05) is 11.9 Å². The molecule has 1 unspecified atom stereocenters. The summed E-state index contributed by atoms with van der Waals surface area (Å²) < 4.78 is 0. The molecule has 1 atom stereocenters. The summed E-state index contributed by atoms with van der Waals surface area (Å²) in [6, 6.07) is 17.9. The van der Waals surface area contributed by atoms with Crippen LogP contribution in [-0.4, -0.2) is 29.3 Å². The van der Waals surface area contributed by atoms with E-state index in [9.17, 15) is 9.59 Å². The summed E-state index contributed by atoms with van der Waals surface area (Å²) in [6.45, 7) is 4.25. The van der Waals surface area contributed by atoms with Crippen LogP contribution < -0.4 is 10.6 Å². The maximum absolute atomic E-state index is 12.7. The smallest absolute Gasteiger partial charge is 0.237 e. The average Bonchev–Trinajstić information content (AvgIpc) is 3.16. The first-order valence-electron chi connectivity index (χ1n) is 10.1. The van der Waals surface area contributed by atoms with Crippen molar-refractivity contribution < 1.29 is 9.59 Å². The van der Waals surface area contributed by atoms with Crippen LogP contribution in [0.3, 0.4) is 0 Å². The van der Waals surface area contributed by atoms with Crippen molar-refractivity contribution in [1.82, 2.24) is 10.2 Å². The lowest BCUT2D eigenvalue weighted by Crippen LogP contribution is -2.42. The van der Waals surface area contributed by atoms with Gasteiger partial charge in [-0.3, -0.25) is 14.5 Å². The first-order chi connectivity index (χ1) is 13.7. The molecule has 28 heavy (non-hydrogen) atoms. The first kappa shape index (κ1) is 20.1. The molecule has 1 heterocycles. The van der Waals surface area contributed by atoms with Crippen molar-refractivity contribution >= 4 is 17.5 Å². The first-order valence-corrected chi connectivity index (χ1v) is 10.1. The average molecular weight is 380 g/mol. The molecule has 5 nitrogen and oxygen atoms in total. The predicted molar refractivity (Wildman–Crippen MR) is 112 cm³/mol. The van der Waals surface area contributed by atoms with Crippen molar-refractivity contribution in [3.05, 3.63) is 65.7 Å². The summed E-state index contributed by atoms with van der Waals surface area (Å²) >= 11 is 0. The number of benzene rings is 2. The van der Waals surface area contributed by atoms with Crippen LogP contribution in [0.2, 0.25) is 0 Å². The second-order valence-electron chi connectivity index (χ2n) is 7.33. The highest BCUT2D eigenvalue weighted by atomic mass is 16.2. The van der Waals surface area contributed by atoms with E-state index < -0.39 is 0 Å². The third kappa shape index (κ3) is 5.67. The molecule has 1 fully saturated rings. The summed E-state index contributed by atoms with van der Waals surface area (Å²) in [5.41, 5.74) is 3.05. The van der Waals surface area contributed by atoms with Gasteiger partial charge in [-0.1, -0.05) is 49.4 Å². The van der Waals surface area contributed by atoms with E-state index in [0.717, 1.165) is 43.6 Å². The molecule has 2 amide bonds. The van der Waals surface area contributed by atoms with Crippen LogP contribution in [0.1, 0.15) is 43.7 Å². The third-order valence-corrected chi connectivity index (χ3v) is 5.08. The Hall–Kier alpha value is -2.66. The zero-order valence-electron chi connectivity index (χ0n) is 16.5. The molecule has 0 spiro atoms. The summed E-state index contributed by atoms with van der Waals surface area (Å²) in [5.74, 6) is 0.122. The molecule has 2 N–H and O–H groups in total. The molecular formula is C23H29N3O2. The molecule has 3 rings (SSSR count). The Morgan fingerprint density at radius 3 is 2.50 bits per heavy atom. The van der Waals surface area contributed by atoms with E-state index >= 15 is 0 Å². The van der Waals surface area contributed by atoms with Gasteiger partial charge in [0, 0.05) is 25.2 Å². The summed E-state index contributed by atoms with van der Waals surface area (Å²) in [6.07, 6.45) is 3.31.